The molecule has 0 heterocycles. The zero-order chi connectivity index (χ0) is 14.7. The van der Waals surface area contributed by atoms with Crippen molar-refractivity contribution in [1.29, 1.82) is 0 Å². The van der Waals surface area contributed by atoms with Gasteiger partial charge in [-0.05, 0) is 44.5 Å². The van der Waals surface area contributed by atoms with Crippen molar-refractivity contribution >= 4 is 17.3 Å². The molecule has 0 aliphatic heterocycles. The number of carbonyl (C=O) groups is 1. The third-order valence-corrected chi connectivity index (χ3v) is 3.43. The molecular weight excluding hydrogens is 248 g/mol. The van der Waals surface area contributed by atoms with Gasteiger partial charge in [0.1, 0.15) is 0 Å². The number of carbonyl (C=O) groups excluding carboxylic acids is 1. The van der Waals surface area contributed by atoms with Crippen LogP contribution in [-0.4, -0.2) is 12.5 Å². The Hall–Kier alpha value is -2.29. The van der Waals surface area contributed by atoms with Crippen LogP contribution in [0.1, 0.15) is 28.4 Å². The van der Waals surface area contributed by atoms with E-state index in [2.05, 4.69) is 0 Å². The Balaban J connectivity index is 2.42. The third-order valence-electron chi connectivity index (χ3n) is 3.43. The van der Waals surface area contributed by atoms with Crippen molar-refractivity contribution < 1.29 is 4.79 Å². The van der Waals surface area contributed by atoms with Crippen molar-refractivity contribution in [3.8, 4) is 0 Å². The van der Waals surface area contributed by atoms with E-state index in [0.717, 1.165) is 11.3 Å². The molecule has 3 nitrogen and oxygen atoms in total. The van der Waals surface area contributed by atoms with Crippen LogP contribution in [0.3, 0.4) is 0 Å². The second-order valence-corrected chi connectivity index (χ2v) is 4.92. The van der Waals surface area contributed by atoms with E-state index in [9.17, 15) is 4.79 Å². The van der Waals surface area contributed by atoms with E-state index < -0.39 is 0 Å². The molecule has 0 radical (unpaired) electrons. The molecule has 2 N–H and O–H groups in total. The molecule has 0 aromatic heterocycles. The summed E-state index contributed by atoms with van der Waals surface area (Å²) >= 11 is 0. The van der Waals surface area contributed by atoms with Crippen LogP contribution in [0.25, 0.3) is 0 Å². The lowest BCUT2D eigenvalue weighted by atomic mass is 10.0. The lowest BCUT2D eigenvalue weighted by Gasteiger charge is -2.23. The fraction of sp³-hybridized carbons (Fsp3) is 0.235. The Morgan fingerprint density at radius 2 is 1.75 bits per heavy atom. The van der Waals surface area contributed by atoms with Crippen LogP contribution >= 0.6 is 0 Å². The average molecular weight is 268 g/mol. The van der Waals surface area contributed by atoms with Crippen molar-refractivity contribution in [3.05, 3.63) is 59.2 Å². The zero-order valence-electron chi connectivity index (χ0n) is 12.2. The SMILES string of the molecule is CCN(C(=O)c1c(C)cccc1N)c1ccc(C)cc1. The maximum Gasteiger partial charge on any atom is 0.260 e. The lowest BCUT2D eigenvalue weighted by Crippen LogP contribution is -2.31. The smallest absolute Gasteiger partial charge is 0.260 e. The van der Waals surface area contributed by atoms with Gasteiger partial charge < -0.3 is 10.6 Å². The summed E-state index contributed by atoms with van der Waals surface area (Å²) in [7, 11) is 0. The van der Waals surface area contributed by atoms with Crippen LogP contribution < -0.4 is 10.6 Å². The molecule has 0 saturated carbocycles. The molecular formula is C17H20N2O. The highest BCUT2D eigenvalue weighted by Gasteiger charge is 2.20. The molecule has 2 rings (SSSR count). The Morgan fingerprint density at radius 1 is 1.10 bits per heavy atom. The molecule has 104 valence electrons. The molecule has 0 unspecified atom stereocenters. The number of anilines is 2. The van der Waals surface area contributed by atoms with E-state index in [1.165, 1.54) is 5.56 Å². The van der Waals surface area contributed by atoms with Gasteiger partial charge in [-0.25, -0.2) is 0 Å². The van der Waals surface area contributed by atoms with Crippen molar-refractivity contribution in [2.24, 2.45) is 0 Å². The van der Waals surface area contributed by atoms with E-state index in [0.29, 0.717) is 17.8 Å². The highest BCUT2D eigenvalue weighted by atomic mass is 16.2. The molecule has 0 fully saturated rings. The number of amides is 1. The van der Waals surface area contributed by atoms with E-state index in [-0.39, 0.29) is 5.91 Å². The predicted octanol–water partition coefficient (Wildman–Crippen LogP) is 3.55. The summed E-state index contributed by atoms with van der Waals surface area (Å²) in [6.45, 7) is 6.51. The largest absolute Gasteiger partial charge is 0.398 e. The summed E-state index contributed by atoms with van der Waals surface area (Å²) in [5.74, 6) is -0.0491. The highest BCUT2D eigenvalue weighted by molar-refractivity contribution is 6.10. The second-order valence-electron chi connectivity index (χ2n) is 4.92. The van der Waals surface area contributed by atoms with E-state index >= 15 is 0 Å². The molecule has 2 aromatic rings. The molecule has 20 heavy (non-hydrogen) atoms. The topological polar surface area (TPSA) is 46.3 Å². The van der Waals surface area contributed by atoms with Gasteiger partial charge in [0, 0.05) is 17.9 Å². The summed E-state index contributed by atoms with van der Waals surface area (Å²) in [6, 6.07) is 13.5. The first-order valence-electron chi connectivity index (χ1n) is 6.78. The van der Waals surface area contributed by atoms with Crippen LogP contribution in [0, 0.1) is 13.8 Å². The lowest BCUT2D eigenvalue weighted by molar-refractivity contribution is 0.0988. The van der Waals surface area contributed by atoms with Gasteiger partial charge in [-0.3, -0.25) is 4.79 Å². The molecule has 0 atom stereocenters. The summed E-state index contributed by atoms with van der Waals surface area (Å²) in [4.78, 5) is 14.5. The minimum Gasteiger partial charge on any atom is -0.398 e. The minimum absolute atomic E-state index is 0.0491. The van der Waals surface area contributed by atoms with Crippen LogP contribution in [0.15, 0.2) is 42.5 Å². The first-order chi connectivity index (χ1) is 9.54. The first kappa shape index (κ1) is 14.1. The number of hydrogen-bond donors (Lipinski definition) is 1. The van der Waals surface area contributed by atoms with Gasteiger partial charge in [0.05, 0.1) is 5.56 Å². The Bertz CT molecular complexity index is 597. The van der Waals surface area contributed by atoms with Crippen molar-refractivity contribution in [2.75, 3.05) is 17.2 Å². The minimum atomic E-state index is -0.0491. The molecule has 0 aliphatic carbocycles. The van der Waals surface area contributed by atoms with Gasteiger partial charge in [-0.15, -0.1) is 0 Å². The average Bonchev–Trinajstić information content (AvgIpc) is 2.41. The van der Waals surface area contributed by atoms with Crippen LogP contribution in [-0.2, 0) is 0 Å². The quantitative estimate of drug-likeness (QED) is 0.865. The van der Waals surface area contributed by atoms with Crippen molar-refractivity contribution in [3.63, 3.8) is 0 Å². The Kier molecular flexibility index (Phi) is 4.08. The fourth-order valence-electron chi connectivity index (χ4n) is 2.29. The standard InChI is InChI=1S/C17H20N2O/c1-4-19(14-10-8-12(2)9-11-14)17(20)16-13(3)6-5-7-15(16)18/h5-11H,4,18H2,1-3H3. The predicted molar refractivity (Wildman–Crippen MR) is 84.1 cm³/mol. The molecule has 0 spiro atoms. The van der Waals surface area contributed by atoms with Gasteiger partial charge in [-0.2, -0.15) is 0 Å². The van der Waals surface area contributed by atoms with Crippen LogP contribution in [0.4, 0.5) is 11.4 Å². The second kappa shape index (κ2) is 5.78. The van der Waals surface area contributed by atoms with Gasteiger partial charge in [0.15, 0.2) is 0 Å². The van der Waals surface area contributed by atoms with E-state index in [4.69, 9.17) is 5.73 Å². The number of benzene rings is 2. The number of nitrogens with zero attached hydrogens (tertiary/aromatic N) is 1. The maximum absolute atomic E-state index is 12.7. The molecule has 0 saturated heterocycles. The molecule has 3 heteroatoms. The summed E-state index contributed by atoms with van der Waals surface area (Å²) in [5, 5.41) is 0. The number of nitrogen functional groups attached to an aromatic ring is 1. The van der Waals surface area contributed by atoms with Gasteiger partial charge in [-0.1, -0.05) is 29.8 Å². The third kappa shape index (κ3) is 2.67. The molecule has 0 bridgehead atoms. The molecule has 1 amide bonds. The normalized spacial score (nSPS) is 10.3. The molecule has 2 aromatic carbocycles. The summed E-state index contributed by atoms with van der Waals surface area (Å²) < 4.78 is 0. The monoisotopic (exact) mass is 268 g/mol. The van der Waals surface area contributed by atoms with Gasteiger partial charge in [0.25, 0.3) is 5.91 Å². The number of rotatable bonds is 3. The highest BCUT2D eigenvalue weighted by Crippen LogP contribution is 2.23. The van der Waals surface area contributed by atoms with E-state index in [1.54, 1.807) is 11.0 Å². The summed E-state index contributed by atoms with van der Waals surface area (Å²) in [5.41, 5.74) is 10.1. The van der Waals surface area contributed by atoms with Crippen molar-refractivity contribution in [1.82, 2.24) is 0 Å². The number of nitrogens with two attached hydrogens (primary N) is 1. The maximum atomic E-state index is 12.7. The number of aryl methyl sites for hydroxylation is 2. The van der Waals surface area contributed by atoms with Gasteiger partial charge >= 0.3 is 0 Å². The fourth-order valence-corrected chi connectivity index (χ4v) is 2.29. The van der Waals surface area contributed by atoms with Gasteiger partial charge in [0.2, 0.25) is 0 Å². The van der Waals surface area contributed by atoms with Crippen LogP contribution in [0.2, 0.25) is 0 Å². The summed E-state index contributed by atoms with van der Waals surface area (Å²) in [6.07, 6.45) is 0. The Labute approximate surface area is 120 Å². The Morgan fingerprint density at radius 3 is 2.30 bits per heavy atom. The zero-order valence-corrected chi connectivity index (χ0v) is 12.2. The molecule has 0 aliphatic rings. The number of hydrogen-bond acceptors (Lipinski definition) is 2. The van der Waals surface area contributed by atoms with Crippen LogP contribution in [0.5, 0.6) is 0 Å². The van der Waals surface area contributed by atoms with E-state index in [1.807, 2.05) is 57.2 Å². The first-order valence-corrected chi connectivity index (χ1v) is 6.78. The van der Waals surface area contributed by atoms with Crippen molar-refractivity contribution in [2.45, 2.75) is 20.8 Å².